The molecule has 0 aliphatic rings. The lowest BCUT2D eigenvalue weighted by Gasteiger charge is -2.26. The van der Waals surface area contributed by atoms with Crippen LogP contribution in [0.3, 0.4) is 0 Å². The molecule has 0 nitrogen and oxygen atoms in total. The maximum Gasteiger partial charge on any atom is 0.0226 e. The molecule has 0 aliphatic heterocycles. The minimum absolute atomic E-state index is 0.314. The second-order valence-electron chi connectivity index (χ2n) is 3.54. The van der Waals surface area contributed by atoms with Gasteiger partial charge in [0, 0.05) is 5.88 Å². The third-order valence-corrected chi connectivity index (χ3v) is 1.90. The van der Waals surface area contributed by atoms with Gasteiger partial charge in [-0.15, -0.1) is 11.6 Å². The first-order valence-corrected chi connectivity index (χ1v) is 3.91. The van der Waals surface area contributed by atoms with E-state index in [2.05, 4.69) is 27.7 Å². The summed E-state index contributed by atoms with van der Waals surface area (Å²) in [5, 5.41) is 0. The molecule has 1 atom stereocenters. The Morgan fingerprint density at radius 2 is 1.89 bits per heavy atom. The predicted molar refractivity (Wildman–Crippen MR) is 43.6 cm³/mol. The van der Waals surface area contributed by atoms with Crippen molar-refractivity contribution in [1.82, 2.24) is 0 Å². The minimum Gasteiger partial charge on any atom is -0.127 e. The Kier molecular flexibility index (Phi) is 3.57. The van der Waals surface area contributed by atoms with E-state index >= 15 is 0 Å². The Morgan fingerprint density at radius 3 is 2.00 bits per heavy atom. The summed E-state index contributed by atoms with van der Waals surface area (Å²) in [6.07, 6.45) is 1.02. The molecule has 0 aromatic rings. The zero-order valence-corrected chi connectivity index (χ0v) is 7.33. The van der Waals surface area contributed by atoms with E-state index in [4.69, 9.17) is 11.6 Å². The topological polar surface area (TPSA) is 0 Å². The Balaban J connectivity index is 3.59. The lowest BCUT2D eigenvalue weighted by Crippen LogP contribution is -2.17. The summed E-state index contributed by atoms with van der Waals surface area (Å²) in [4.78, 5) is 0. The van der Waals surface area contributed by atoms with Crippen molar-refractivity contribution in [2.45, 2.75) is 27.2 Å². The average Bonchev–Trinajstić information content (AvgIpc) is 1.64. The van der Waals surface area contributed by atoms with Crippen molar-refractivity contribution in [2.75, 3.05) is 5.88 Å². The third kappa shape index (κ3) is 3.80. The van der Waals surface area contributed by atoms with Gasteiger partial charge in [0.15, 0.2) is 0 Å². The average molecular weight is 148 g/mol. The van der Waals surface area contributed by atoms with E-state index in [0.29, 0.717) is 11.3 Å². The molecule has 0 heterocycles. The summed E-state index contributed by atoms with van der Waals surface area (Å²) in [7, 11) is 0. The summed E-state index contributed by atoms with van der Waals surface area (Å²) in [6, 6.07) is 0. The zero-order valence-electron chi connectivity index (χ0n) is 6.58. The predicted octanol–water partition coefficient (Wildman–Crippen LogP) is 3.11. The Labute approximate surface area is 63.6 Å². The van der Waals surface area contributed by atoms with E-state index in [1.54, 1.807) is 0 Å². The molecule has 0 amide bonds. The molecular formula is C8H16Cl. The monoisotopic (exact) mass is 147 g/mol. The molecule has 0 aromatic carbocycles. The Bertz CT molecular complexity index is 71.1. The summed E-state index contributed by atoms with van der Waals surface area (Å²) in [5.41, 5.74) is 0.314. The van der Waals surface area contributed by atoms with Crippen LogP contribution in [0.1, 0.15) is 27.2 Å². The van der Waals surface area contributed by atoms with Crippen molar-refractivity contribution in [3.05, 3.63) is 6.92 Å². The summed E-state index contributed by atoms with van der Waals surface area (Å²) < 4.78 is 0. The molecule has 1 unspecified atom stereocenters. The van der Waals surface area contributed by atoms with Gasteiger partial charge in [0.05, 0.1) is 0 Å². The van der Waals surface area contributed by atoms with Gasteiger partial charge < -0.3 is 0 Å². The Morgan fingerprint density at radius 1 is 1.44 bits per heavy atom. The lowest BCUT2D eigenvalue weighted by molar-refractivity contribution is 0.284. The van der Waals surface area contributed by atoms with Crippen LogP contribution in [0.5, 0.6) is 0 Å². The van der Waals surface area contributed by atoms with Gasteiger partial charge in [-0.3, -0.25) is 0 Å². The number of rotatable bonds is 2. The van der Waals surface area contributed by atoms with Crippen LogP contribution in [0.2, 0.25) is 0 Å². The molecule has 0 bridgehead atoms. The zero-order chi connectivity index (χ0) is 7.49. The number of hydrogen-bond acceptors (Lipinski definition) is 0. The largest absolute Gasteiger partial charge is 0.127 e. The molecule has 0 aromatic heterocycles. The van der Waals surface area contributed by atoms with Crippen LogP contribution in [0.4, 0.5) is 0 Å². The molecule has 9 heavy (non-hydrogen) atoms. The molecule has 0 saturated heterocycles. The summed E-state index contributed by atoms with van der Waals surface area (Å²) in [5.74, 6) is 1.21. The van der Waals surface area contributed by atoms with Crippen LogP contribution in [0.25, 0.3) is 0 Å². The number of alkyl halides is 1. The van der Waals surface area contributed by atoms with E-state index in [9.17, 15) is 0 Å². The van der Waals surface area contributed by atoms with E-state index in [1.807, 2.05) is 0 Å². The third-order valence-electron chi connectivity index (χ3n) is 1.68. The number of halogens is 1. The van der Waals surface area contributed by atoms with Gasteiger partial charge in [0.25, 0.3) is 0 Å². The normalized spacial score (nSPS) is 15.7. The first-order chi connectivity index (χ1) is 3.98. The van der Waals surface area contributed by atoms with Gasteiger partial charge in [-0.05, 0) is 24.7 Å². The fourth-order valence-corrected chi connectivity index (χ4v) is 0.828. The van der Waals surface area contributed by atoms with Crippen LogP contribution in [0, 0.1) is 18.3 Å². The van der Waals surface area contributed by atoms with Crippen LogP contribution in [-0.2, 0) is 0 Å². The van der Waals surface area contributed by atoms with Gasteiger partial charge >= 0.3 is 0 Å². The van der Waals surface area contributed by atoms with Crippen molar-refractivity contribution in [2.24, 2.45) is 11.3 Å². The Hall–Kier alpha value is 0.290. The molecule has 0 aliphatic carbocycles. The quantitative estimate of drug-likeness (QED) is 0.527. The second-order valence-corrected chi connectivity index (χ2v) is 3.92. The van der Waals surface area contributed by atoms with E-state index < -0.39 is 0 Å². The van der Waals surface area contributed by atoms with E-state index in [-0.39, 0.29) is 0 Å². The molecule has 0 saturated carbocycles. The second kappa shape index (κ2) is 3.46. The molecule has 0 spiro atoms. The molecule has 1 radical (unpaired) electrons. The van der Waals surface area contributed by atoms with Crippen LogP contribution in [0.15, 0.2) is 0 Å². The van der Waals surface area contributed by atoms with Gasteiger partial charge in [0.2, 0.25) is 0 Å². The van der Waals surface area contributed by atoms with Crippen LogP contribution in [-0.4, -0.2) is 5.88 Å². The van der Waals surface area contributed by atoms with Gasteiger partial charge in [-0.2, -0.15) is 0 Å². The molecule has 55 valence electrons. The SMILES string of the molecule is [CH2]C(CCCl)C(C)(C)C. The van der Waals surface area contributed by atoms with Gasteiger partial charge in [-0.1, -0.05) is 20.8 Å². The first kappa shape index (κ1) is 9.29. The highest BCUT2D eigenvalue weighted by Gasteiger charge is 2.18. The van der Waals surface area contributed by atoms with Gasteiger partial charge in [0.1, 0.15) is 0 Å². The standard InChI is InChI=1S/C8H16Cl/c1-7(5-6-9)8(2,3)4/h7H,1,5-6H2,2-4H3. The van der Waals surface area contributed by atoms with Crippen molar-refractivity contribution in [3.8, 4) is 0 Å². The lowest BCUT2D eigenvalue weighted by atomic mass is 9.81. The highest BCUT2D eigenvalue weighted by Crippen LogP contribution is 2.27. The smallest absolute Gasteiger partial charge is 0.0226 e. The molecular weight excluding hydrogens is 132 g/mol. The van der Waals surface area contributed by atoms with Crippen molar-refractivity contribution < 1.29 is 0 Å². The number of hydrogen-bond donors (Lipinski definition) is 0. The molecule has 0 N–H and O–H groups in total. The van der Waals surface area contributed by atoms with Crippen molar-refractivity contribution in [3.63, 3.8) is 0 Å². The van der Waals surface area contributed by atoms with Crippen LogP contribution < -0.4 is 0 Å². The van der Waals surface area contributed by atoms with Crippen molar-refractivity contribution in [1.29, 1.82) is 0 Å². The fraction of sp³-hybridized carbons (Fsp3) is 0.875. The minimum atomic E-state index is 0.314. The fourth-order valence-electron chi connectivity index (χ4n) is 0.565. The maximum atomic E-state index is 5.56. The van der Waals surface area contributed by atoms with Crippen LogP contribution >= 0.6 is 11.6 Å². The highest BCUT2D eigenvalue weighted by molar-refractivity contribution is 6.17. The van der Waals surface area contributed by atoms with Gasteiger partial charge in [-0.25, -0.2) is 0 Å². The summed E-state index contributed by atoms with van der Waals surface area (Å²) in [6.45, 7) is 10.6. The van der Waals surface area contributed by atoms with E-state index in [0.717, 1.165) is 12.3 Å². The molecule has 1 heteroatoms. The van der Waals surface area contributed by atoms with Crippen molar-refractivity contribution >= 4 is 11.6 Å². The maximum absolute atomic E-state index is 5.56. The van der Waals surface area contributed by atoms with E-state index in [1.165, 1.54) is 0 Å². The summed E-state index contributed by atoms with van der Waals surface area (Å²) >= 11 is 5.56. The highest BCUT2D eigenvalue weighted by atomic mass is 35.5. The first-order valence-electron chi connectivity index (χ1n) is 3.37. The molecule has 0 fully saturated rings. The molecule has 0 rings (SSSR count).